The molecule has 0 bridgehead atoms. The molecule has 3 heteroatoms. The minimum absolute atomic E-state index is 0.761. The van der Waals surface area contributed by atoms with Crippen molar-refractivity contribution in [2.24, 2.45) is 0 Å². The van der Waals surface area contributed by atoms with Crippen molar-refractivity contribution in [1.82, 2.24) is 0 Å². The average Bonchev–Trinajstić information content (AvgIpc) is 2.74. The highest BCUT2D eigenvalue weighted by atomic mass is 16.5. The largest absolute Gasteiger partial charge is 0.398 e. The van der Waals surface area contributed by atoms with E-state index in [0.717, 1.165) is 37.6 Å². The molecular weight excluding hydrogens is 332 g/mol. The molecule has 3 nitrogen and oxygen atoms in total. The normalized spacial score (nSPS) is 14.7. The van der Waals surface area contributed by atoms with Gasteiger partial charge in [0.15, 0.2) is 0 Å². The number of rotatable bonds is 2. The van der Waals surface area contributed by atoms with Gasteiger partial charge in [-0.1, -0.05) is 60.7 Å². The molecule has 0 aromatic heterocycles. The summed E-state index contributed by atoms with van der Waals surface area (Å²) < 4.78 is 5.58. The molecule has 1 aliphatic heterocycles. The molecule has 0 aliphatic carbocycles. The van der Waals surface area contributed by atoms with E-state index in [0.29, 0.717) is 0 Å². The Morgan fingerprint density at radius 2 is 1.26 bits per heavy atom. The van der Waals surface area contributed by atoms with Crippen LogP contribution in [0.4, 0.5) is 11.4 Å². The average molecular weight is 354 g/mol. The molecule has 2 N–H and O–H groups in total. The van der Waals surface area contributed by atoms with E-state index in [1.54, 1.807) is 0 Å². The quantitative estimate of drug-likeness (QED) is 0.510. The van der Waals surface area contributed by atoms with Crippen LogP contribution in [0.1, 0.15) is 0 Å². The third-order valence-corrected chi connectivity index (χ3v) is 5.47. The highest BCUT2D eigenvalue weighted by Crippen LogP contribution is 2.43. The molecule has 0 saturated carbocycles. The Bertz CT molecular complexity index is 1130. The van der Waals surface area contributed by atoms with Crippen molar-refractivity contribution >= 4 is 32.9 Å². The van der Waals surface area contributed by atoms with Gasteiger partial charge in [0.2, 0.25) is 0 Å². The smallest absolute Gasteiger partial charge is 0.0642 e. The molecule has 4 aromatic carbocycles. The van der Waals surface area contributed by atoms with Gasteiger partial charge in [0.05, 0.1) is 13.2 Å². The summed E-state index contributed by atoms with van der Waals surface area (Å²) >= 11 is 0. The number of nitrogens with two attached hydrogens (primary N) is 1. The lowest BCUT2D eigenvalue weighted by molar-refractivity contribution is 0.123. The third kappa shape index (κ3) is 2.71. The number of benzene rings is 4. The second-order valence-corrected chi connectivity index (χ2v) is 7.03. The molecule has 1 heterocycles. The van der Waals surface area contributed by atoms with Crippen LogP contribution in [0.5, 0.6) is 0 Å². The van der Waals surface area contributed by atoms with E-state index in [2.05, 4.69) is 71.6 Å². The number of nitrogens with zero attached hydrogens (tertiary/aromatic N) is 1. The van der Waals surface area contributed by atoms with Gasteiger partial charge in [-0.15, -0.1) is 0 Å². The van der Waals surface area contributed by atoms with Crippen LogP contribution in [0.2, 0.25) is 0 Å². The zero-order valence-corrected chi connectivity index (χ0v) is 15.2. The highest BCUT2D eigenvalue weighted by molar-refractivity contribution is 6.13. The highest BCUT2D eigenvalue weighted by Gasteiger charge is 2.20. The first-order valence-electron chi connectivity index (χ1n) is 9.45. The van der Waals surface area contributed by atoms with Crippen molar-refractivity contribution in [2.45, 2.75) is 0 Å². The predicted octanol–water partition coefficient (Wildman–Crippen LogP) is 5.08. The van der Waals surface area contributed by atoms with Crippen LogP contribution >= 0.6 is 0 Å². The van der Waals surface area contributed by atoms with Crippen LogP contribution < -0.4 is 10.6 Å². The molecule has 27 heavy (non-hydrogen) atoms. The molecular formula is C24H22N2O. The number of hydrogen-bond acceptors (Lipinski definition) is 3. The van der Waals surface area contributed by atoms with Crippen LogP contribution in [-0.4, -0.2) is 26.3 Å². The first-order chi connectivity index (χ1) is 13.3. The third-order valence-electron chi connectivity index (χ3n) is 5.47. The predicted molar refractivity (Wildman–Crippen MR) is 114 cm³/mol. The maximum atomic E-state index is 6.56. The summed E-state index contributed by atoms with van der Waals surface area (Å²) in [5, 5.41) is 4.88. The summed E-state index contributed by atoms with van der Waals surface area (Å²) in [6, 6.07) is 25.6. The Kier molecular flexibility index (Phi) is 3.95. The van der Waals surface area contributed by atoms with Crippen molar-refractivity contribution in [3.63, 3.8) is 0 Å². The molecule has 0 amide bonds. The molecule has 0 atom stereocenters. The Morgan fingerprint density at radius 1 is 0.667 bits per heavy atom. The van der Waals surface area contributed by atoms with Gasteiger partial charge in [-0.25, -0.2) is 0 Å². The van der Waals surface area contributed by atoms with Crippen LogP contribution in [0.25, 0.3) is 32.7 Å². The second-order valence-electron chi connectivity index (χ2n) is 7.03. The van der Waals surface area contributed by atoms with E-state index in [1.807, 2.05) is 6.07 Å². The molecule has 1 aliphatic rings. The van der Waals surface area contributed by atoms with E-state index in [9.17, 15) is 0 Å². The molecule has 4 aromatic rings. The first kappa shape index (κ1) is 16.2. The van der Waals surface area contributed by atoms with Crippen molar-refractivity contribution in [3.8, 4) is 11.1 Å². The van der Waals surface area contributed by atoms with E-state index in [-0.39, 0.29) is 0 Å². The Balaban J connectivity index is 1.88. The lowest BCUT2D eigenvalue weighted by Gasteiger charge is -2.31. The van der Waals surface area contributed by atoms with Gasteiger partial charge in [-0.05, 0) is 33.7 Å². The molecule has 134 valence electrons. The summed E-state index contributed by atoms with van der Waals surface area (Å²) in [6.07, 6.45) is 0. The fourth-order valence-electron chi connectivity index (χ4n) is 4.16. The number of ether oxygens (including phenoxy) is 1. The maximum Gasteiger partial charge on any atom is 0.0642 e. The molecule has 0 unspecified atom stereocenters. The number of morpholine rings is 1. The number of nitrogen functional groups attached to an aromatic ring is 1. The number of hydrogen-bond donors (Lipinski definition) is 1. The fraction of sp³-hybridized carbons (Fsp3) is 0.167. The fourth-order valence-corrected chi connectivity index (χ4v) is 4.16. The van der Waals surface area contributed by atoms with Gasteiger partial charge >= 0.3 is 0 Å². The van der Waals surface area contributed by atoms with Crippen molar-refractivity contribution in [2.75, 3.05) is 36.9 Å². The van der Waals surface area contributed by atoms with Gasteiger partial charge in [0.1, 0.15) is 0 Å². The Labute approximate surface area is 159 Å². The monoisotopic (exact) mass is 354 g/mol. The Hall–Kier alpha value is -3.04. The second kappa shape index (κ2) is 6.60. The van der Waals surface area contributed by atoms with Gasteiger partial charge in [-0.2, -0.15) is 0 Å². The number of fused-ring (bicyclic) bond motifs is 2. The molecule has 0 radical (unpaired) electrons. The van der Waals surface area contributed by atoms with Crippen LogP contribution in [-0.2, 0) is 4.74 Å². The topological polar surface area (TPSA) is 38.5 Å². The zero-order chi connectivity index (χ0) is 18.2. The summed E-state index contributed by atoms with van der Waals surface area (Å²) in [5.41, 5.74) is 11.0. The standard InChI is InChI=1S/C24H22N2O/c25-21-11-9-17-5-1-3-7-19(17)23(21)24-20-8-4-2-6-18(20)10-12-22(24)26-13-15-27-16-14-26/h1-12H,13-16,25H2. The molecule has 5 rings (SSSR count). The van der Waals surface area contributed by atoms with E-state index in [4.69, 9.17) is 10.5 Å². The van der Waals surface area contributed by atoms with Crippen LogP contribution in [0.3, 0.4) is 0 Å². The summed E-state index contributed by atoms with van der Waals surface area (Å²) in [5.74, 6) is 0. The molecule has 1 fully saturated rings. The SMILES string of the molecule is Nc1ccc2ccccc2c1-c1c(N2CCOCC2)ccc2ccccc12. The summed E-state index contributed by atoms with van der Waals surface area (Å²) in [7, 11) is 0. The minimum Gasteiger partial charge on any atom is -0.398 e. The first-order valence-corrected chi connectivity index (χ1v) is 9.45. The lowest BCUT2D eigenvalue weighted by atomic mass is 9.90. The maximum absolute atomic E-state index is 6.56. The lowest BCUT2D eigenvalue weighted by Crippen LogP contribution is -2.36. The van der Waals surface area contributed by atoms with Gasteiger partial charge in [-0.3, -0.25) is 0 Å². The van der Waals surface area contributed by atoms with Crippen LogP contribution in [0, 0.1) is 0 Å². The number of anilines is 2. The van der Waals surface area contributed by atoms with Gasteiger partial charge in [0, 0.05) is 35.6 Å². The van der Waals surface area contributed by atoms with Crippen LogP contribution in [0.15, 0.2) is 72.8 Å². The van der Waals surface area contributed by atoms with E-state index >= 15 is 0 Å². The summed E-state index contributed by atoms with van der Waals surface area (Å²) in [4.78, 5) is 2.42. The van der Waals surface area contributed by atoms with Crippen molar-refractivity contribution in [3.05, 3.63) is 72.8 Å². The van der Waals surface area contributed by atoms with E-state index < -0.39 is 0 Å². The van der Waals surface area contributed by atoms with Gasteiger partial charge in [0.25, 0.3) is 0 Å². The zero-order valence-electron chi connectivity index (χ0n) is 15.2. The molecule has 1 saturated heterocycles. The van der Waals surface area contributed by atoms with E-state index in [1.165, 1.54) is 32.8 Å². The minimum atomic E-state index is 0.761. The van der Waals surface area contributed by atoms with Crippen molar-refractivity contribution < 1.29 is 4.74 Å². The van der Waals surface area contributed by atoms with Gasteiger partial charge < -0.3 is 15.4 Å². The molecule has 0 spiro atoms. The van der Waals surface area contributed by atoms with Crippen molar-refractivity contribution in [1.29, 1.82) is 0 Å². The Morgan fingerprint density at radius 3 is 1.96 bits per heavy atom. The summed E-state index contributed by atoms with van der Waals surface area (Å²) in [6.45, 7) is 3.32.